The number of ether oxygens (including phenoxy) is 2. The largest absolute Gasteiger partial charge is 0.466 e. The van der Waals surface area contributed by atoms with Gasteiger partial charge in [0.15, 0.2) is 9.84 Å². The molecule has 112 valence electrons. The van der Waals surface area contributed by atoms with Gasteiger partial charge >= 0.3 is 11.9 Å². The molecule has 0 saturated heterocycles. The van der Waals surface area contributed by atoms with E-state index in [-0.39, 0.29) is 6.61 Å². The zero-order valence-corrected chi connectivity index (χ0v) is 12.9. The lowest BCUT2D eigenvalue weighted by molar-refractivity contribution is -0.151. The van der Waals surface area contributed by atoms with Crippen LogP contribution in [0.2, 0.25) is 0 Å². The summed E-state index contributed by atoms with van der Waals surface area (Å²) in [5.41, 5.74) is -0.737. The van der Waals surface area contributed by atoms with E-state index in [1.165, 1.54) is 6.92 Å². The molecule has 1 unspecified atom stereocenters. The van der Waals surface area contributed by atoms with Crippen LogP contribution in [0.25, 0.3) is 0 Å². The zero-order valence-electron chi connectivity index (χ0n) is 12.1. The van der Waals surface area contributed by atoms with Crippen LogP contribution < -0.4 is 0 Å². The molecule has 0 spiro atoms. The first-order chi connectivity index (χ1) is 8.47. The highest BCUT2D eigenvalue weighted by molar-refractivity contribution is 7.92. The Hall–Kier alpha value is -1.11. The van der Waals surface area contributed by atoms with E-state index in [1.54, 1.807) is 27.7 Å². The fourth-order valence-corrected chi connectivity index (χ4v) is 2.78. The van der Waals surface area contributed by atoms with Crippen molar-refractivity contribution in [2.75, 3.05) is 18.1 Å². The molecule has 0 aromatic heterocycles. The van der Waals surface area contributed by atoms with E-state index >= 15 is 0 Å². The van der Waals surface area contributed by atoms with Crippen LogP contribution in [0.15, 0.2) is 0 Å². The maximum Gasteiger partial charge on any atom is 0.321 e. The van der Waals surface area contributed by atoms with Crippen molar-refractivity contribution in [3.63, 3.8) is 0 Å². The van der Waals surface area contributed by atoms with Crippen molar-refractivity contribution in [3.05, 3.63) is 0 Å². The van der Waals surface area contributed by atoms with E-state index in [4.69, 9.17) is 9.47 Å². The molecule has 0 aromatic rings. The summed E-state index contributed by atoms with van der Waals surface area (Å²) in [6.45, 7) is 8.23. The van der Waals surface area contributed by atoms with Crippen LogP contribution in [0.1, 0.15) is 34.6 Å². The van der Waals surface area contributed by atoms with Crippen LogP contribution in [0.4, 0.5) is 0 Å². The van der Waals surface area contributed by atoms with E-state index in [9.17, 15) is 18.0 Å². The molecular weight excluding hydrogens is 272 g/mol. The van der Waals surface area contributed by atoms with Gasteiger partial charge in [0.25, 0.3) is 0 Å². The average molecular weight is 294 g/mol. The average Bonchev–Trinajstić information content (AvgIpc) is 2.12. The van der Waals surface area contributed by atoms with E-state index in [0.29, 0.717) is 0 Å². The zero-order chi connectivity index (χ0) is 15.3. The van der Waals surface area contributed by atoms with Gasteiger partial charge in [0.05, 0.1) is 18.3 Å². The molecule has 0 saturated carbocycles. The predicted molar refractivity (Wildman–Crippen MR) is 70.3 cm³/mol. The standard InChI is InChI=1S/C12H22O6S/c1-6-17-11(14)9(2)7-19(15,16)8-10(13)18-12(3,4)5/h9H,6-8H2,1-5H3. The van der Waals surface area contributed by atoms with Crippen molar-refractivity contribution in [3.8, 4) is 0 Å². The molecule has 0 radical (unpaired) electrons. The van der Waals surface area contributed by atoms with Gasteiger partial charge in [-0.2, -0.15) is 0 Å². The number of sulfone groups is 1. The second-order valence-electron chi connectivity index (χ2n) is 5.29. The van der Waals surface area contributed by atoms with Gasteiger partial charge in [0, 0.05) is 0 Å². The maximum atomic E-state index is 11.7. The Kier molecular flexibility index (Phi) is 6.48. The molecule has 0 aromatic carbocycles. The predicted octanol–water partition coefficient (Wildman–Crippen LogP) is 0.942. The maximum absolute atomic E-state index is 11.7. The first-order valence-electron chi connectivity index (χ1n) is 6.05. The number of hydrogen-bond acceptors (Lipinski definition) is 6. The lowest BCUT2D eigenvalue weighted by atomic mass is 10.2. The van der Waals surface area contributed by atoms with Crippen molar-refractivity contribution in [1.29, 1.82) is 0 Å². The minimum atomic E-state index is -3.69. The van der Waals surface area contributed by atoms with Crippen molar-refractivity contribution in [2.24, 2.45) is 5.92 Å². The molecule has 6 nitrogen and oxygen atoms in total. The Morgan fingerprint density at radius 2 is 1.74 bits per heavy atom. The highest BCUT2D eigenvalue weighted by Gasteiger charge is 2.27. The van der Waals surface area contributed by atoms with Gasteiger partial charge in [-0.1, -0.05) is 6.92 Å². The third-order valence-electron chi connectivity index (χ3n) is 1.95. The van der Waals surface area contributed by atoms with Crippen molar-refractivity contribution >= 4 is 21.8 Å². The molecule has 0 rings (SSSR count). The molecule has 0 bridgehead atoms. The minimum Gasteiger partial charge on any atom is -0.466 e. The van der Waals surface area contributed by atoms with Gasteiger partial charge in [-0.25, -0.2) is 8.42 Å². The Labute approximate surface area is 114 Å². The van der Waals surface area contributed by atoms with Crippen molar-refractivity contribution in [1.82, 2.24) is 0 Å². The molecule has 19 heavy (non-hydrogen) atoms. The molecule has 0 heterocycles. The van der Waals surface area contributed by atoms with Crippen LogP contribution in [0, 0.1) is 5.92 Å². The summed E-state index contributed by atoms with van der Waals surface area (Å²) >= 11 is 0. The summed E-state index contributed by atoms with van der Waals surface area (Å²) in [4.78, 5) is 22.8. The number of carbonyl (C=O) groups excluding carboxylic acids is 2. The Morgan fingerprint density at radius 3 is 2.16 bits per heavy atom. The van der Waals surface area contributed by atoms with Gasteiger partial charge in [-0.15, -0.1) is 0 Å². The topological polar surface area (TPSA) is 86.7 Å². The van der Waals surface area contributed by atoms with Gasteiger partial charge in [0.1, 0.15) is 11.4 Å². The van der Waals surface area contributed by atoms with Gasteiger partial charge in [-0.05, 0) is 27.7 Å². The number of hydrogen-bond donors (Lipinski definition) is 0. The summed E-state index contributed by atoms with van der Waals surface area (Å²) in [6.07, 6.45) is 0. The van der Waals surface area contributed by atoms with Crippen LogP contribution >= 0.6 is 0 Å². The van der Waals surface area contributed by atoms with E-state index in [2.05, 4.69) is 0 Å². The summed E-state index contributed by atoms with van der Waals surface area (Å²) in [6, 6.07) is 0. The van der Waals surface area contributed by atoms with Crippen LogP contribution in [0.5, 0.6) is 0 Å². The molecule has 0 aliphatic rings. The molecule has 7 heteroatoms. The minimum absolute atomic E-state index is 0.190. The summed E-state index contributed by atoms with van der Waals surface area (Å²) in [5, 5.41) is 0. The normalized spacial score (nSPS) is 13.7. The molecule has 1 atom stereocenters. The van der Waals surface area contributed by atoms with Crippen LogP contribution in [0.3, 0.4) is 0 Å². The summed E-state index contributed by atoms with van der Waals surface area (Å²) in [7, 11) is -3.69. The molecule has 0 aliphatic heterocycles. The van der Waals surface area contributed by atoms with Gasteiger partial charge in [-0.3, -0.25) is 9.59 Å². The smallest absolute Gasteiger partial charge is 0.321 e. The Balaban J connectivity index is 4.49. The third kappa shape index (κ3) is 8.58. The first kappa shape index (κ1) is 17.9. The number of esters is 2. The SMILES string of the molecule is CCOC(=O)C(C)CS(=O)(=O)CC(=O)OC(C)(C)C. The highest BCUT2D eigenvalue weighted by atomic mass is 32.2. The number of carbonyl (C=O) groups is 2. The van der Waals surface area contributed by atoms with Crippen LogP contribution in [-0.2, 0) is 28.9 Å². The van der Waals surface area contributed by atoms with E-state index < -0.39 is 44.8 Å². The quantitative estimate of drug-likeness (QED) is 0.678. The third-order valence-corrected chi connectivity index (χ3v) is 3.63. The summed E-state index contributed by atoms with van der Waals surface area (Å²) in [5.74, 6) is -3.36. The second kappa shape index (κ2) is 6.88. The Morgan fingerprint density at radius 1 is 1.21 bits per heavy atom. The number of rotatable bonds is 6. The lowest BCUT2D eigenvalue weighted by Crippen LogP contribution is -2.32. The van der Waals surface area contributed by atoms with E-state index in [1.807, 2.05) is 0 Å². The van der Waals surface area contributed by atoms with Crippen molar-refractivity contribution < 1.29 is 27.5 Å². The lowest BCUT2D eigenvalue weighted by Gasteiger charge is -2.19. The van der Waals surface area contributed by atoms with Crippen molar-refractivity contribution in [2.45, 2.75) is 40.2 Å². The van der Waals surface area contributed by atoms with Gasteiger partial charge in [0.2, 0.25) is 0 Å². The molecule has 0 amide bonds. The fourth-order valence-electron chi connectivity index (χ4n) is 1.34. The first-order valence-corrected chi connectivity index (χ1v) is 7.88. The van der Waals surface area contributed by atoms with Gasteiger partial charge < -0.3 is 9.47 Å². The molecule has 0 aliphatic carbocycles. The molecule has 0 N–H and O–H groups in total. The van der Waals surface area contributed by atoms with E-state index in [0.717, 1.165) is 0 Å². The highest BCUT2D eigenvalue weighted by Crippen LogP contribution is 2.10. The Bertz CT molecular complexity index is 418. The monoisotopic (exact) mass is 294 g/mol. The molecule has 0 fully saturated rings. The second-order valence-corrected chi connectivity index (χ2v) is 7.40. The summed E-state index contributed by atoms with van der Waals surface area (Å²) < 4.78 is 33.1. The molecular formula is C12H22O6S. The fraction of sp³-hybridized carbons (Fsp3) is 0.833. The van der Waals surface area contributed by atoms with Crippen LogP contribution in [-0.4, -0.2) is 44.1 Å².